The van der Waals surface area contributed by atoms with E-state index in [-0.39, 0.29) is 6.10 Å². The van der Waals surface area contributed by atoms with E-state index in [1.54, 1.807) is 0 Å². The second kappa shape index (κ2) is 4.73. The third-order valence-electron chi connectivity index (χ3n) is 6.60. The molecule has 0 aromatic carbocycles. The molecule has 0 bridgehead atoms. The first-order valence-electron chi connectivity index (χ1n) is 8.38. The Labute approximate surface area is 118 Å². The Bertz CT molecular complexity index is 334. The van der Waals surface area contributed by atoms with Gasteiger partial charge in [0.25, 0.3) is 0 Å². The summed E-state index contributed by atoms with van der Waals surface area (Å²) >= 11 is 0. The van der Waals surface area contributed by atoms with Crippen LogP contribution in [0.2, 0.25) is 0 Å². The third kappa shape index (κ3) is 2.58. The van der Waals surface area contributed by atoms with Crippen LogP contribution in [-0.4, -0.2) is 35.2 Å². The van der Waals surface area contributed by atoms with Crippen molar-refractivity contribution in [1.82, 2.24) is 4.90 Å². The Morgan fingerprint density at radius 2 is 1.95 bits per heavy atom. The van der Waals surface area contributed by atoms with Crippen molar-refractivity contribution < 1.29 is 5.11 Å². The zero-order valence-corrected chi connectivity index (χ0v) is 13.0. The average Bonchev–Trinajstić information content (AvgIpc) is 2.99. The van der Waals surface area contributed by atoms with Crippen molar-refractivity contribution in [2.24, 2.45) is 16.7 Å². The molecule has 2 saturated carbocycles. The van der Waals surface area contributed by atoms with Crippen molar-refractivity contribution in [2.75, 3.05) is 13.1 Å². The molecule has 0 aromatic rings. The van der Waals surface area contributed by atoms with E-state index in [0.29, 0.717) is 16.9 Å². The molecule has 2 heteroatoms. The van der Waals surface area contributed by atoms with E-state index >= 15 is 0 Å². The summed E-state index contributed by atoms with van der Waals surface area (Å²) in [6, 6.07) is 0.638. The van der Waals surface area contributed by atoms with E-state index in [2.05, 4.69) is 25.7 Å². The summed E-state index contributed by atoms with van der Waals surface area (Å²) in [5.41, 5.74) is 1.13. The molecule has 1 aliphatic heterocycles. The van der Waals surface area contributed by atoms with E-state index in [1.165, 1.54) is 45.2 Å². The standard InChI is InChI=1S/C17H31NO/c1-4-16(2,3)14-6-5-13(19)11-15(14)18-10-9-17(12-18)7-8-17/h13-15,19H,4-12H2,1-3H3. The summed E-state index contributed by atoms with van der Waals surface area (Å²) in [4.78, 5) is 2.75. The fourth-order valence-electron chi connectivity index (χ4n) is 4.54. The Balaban J connectivity index is 1.74. The van der Waals surface area contributed by atoms with Crippen LogP contribution in [0.1, 0.15) is 65.7 Å². The highest BCUT2D eigenvalue weighted by molar-refractivity contribution is 5.04. The minimum Gasteiger partial charge on any atom is -0.393 e. The Hall–Kier alpha value is -0.0800. The molecule has 3 unspecified atom stereocenters. The summed E-state index contributed by atoms with van der Waals surface area (Å²) in [7, 11) is 0. The molecule has 2 nitrogen and oxygen atoms in total. The first kappa shape index (κ1) is 13.9. The van der Waals surface area contributed by atoms with E-state index < -0.39 is 0 Å². The maximum atomic E-state index is 10.1. The molecule has 1 heterocycles. The predicted octanol–water partition coefficient (Wildman–Crippen LogP) is 3.44. The molecule has 0 amide bonds. The largest absolute Gasteiger partial charge is 0.393 e. The molecule has 2 aliphatic carbocycles. The lowest BCUT2D eigenvalue weighted by molar-refractivity contribution is -0.0117. The first-order chi connectivity index (χ1) is 8.96. The van der Waals surface area contributed by atoms with Gasteiger partial charge in [0.2, 0.25) is 0 Å². The molecule has 110 valence electrons. The topological polar surface area (TPSA) is 23.5 Å². The lowest BCUT2D eigenvalue weighted by atomic mass is 9.66. The summed E-state index contributed by atoms with van der Waals surface area (Å²) in [5, 5.41) is 10.1. The minimum atomic E-state index is -0.0512. The van der Waals surface area contributed by atoms with Crippen LogP contribution in [0.4, 0.5) is 0 Å². The molecule has 0 radical (unpaired) electrons. The highest BCUT2D eigenvalue weighted by Gasteiger charge is 2.51. The number of rotatable bonds is 3. The van der Waals surface area contributed by atoms with Gasteiger partial charge in [-0.1, -0.05) is 27.2 Å². The van der Waals surface area contributed by atoms with Gasteiger partial charge in [-0.3, -0.25) is 4.90 Å². The smallest absolute Gasteiger partial charge is 0.0555 e. The van der Waals surface area contributed by atoms with E-state index in [4.69, 9.17) is 0 Å². The number of likely N-dealkylation sites (tertiary alicyclic amines) is 1. The molecule has 19 heavy (non-hydrogen) atoms. The zero-order chi connectivity index (χ0) is 13.7. The number of aliphatic hydroxyl groups is 1. The maximum Gasteiger partial charge on any atom is 0.0555 e. The van der Waals surface area contributed by atoms with E-state index in [0.717, 1.165) is 18.8 Å². The molecular formula is C17H31NO. The van der Waals surface area contributed by atoms with Crippen molar-refractivity contribution in [3.05, 3.63) is 0 Å². The minimum absolute atomic E-state index is 0.0512. The van der Waals surface area contributed by atoms with Crippen molar-refractivity contribution in [3.63, 3.8) is 0 Å². The second-order valence-electron chi connectivity index (χ2n) is 8.20. The van der Waals surface area contributed by atoms with Crippen LogP contribution in [0.5, 0.6) is 0 Å². The average molecular weight is 265 g/mol. The predicted molar refractivity (Wildman–Crippen MR) is 79.1 cm³/mol. The van der Waals surface area contributed by atoms with Crippen molar-refractivity contribution in [2.45, 2.75) is 77.9 Å². The van der Waals surface area contributed by atoms with Crippen LogP contribution in [0.25, 0.3) is 0 Å². The van der Waals surface area contributed by atoms with Gasteiger partial charge in [0.1, 0.15) is 0 Å². The molecule has 3 aliphatic rings. The van der Waals surface area contributed by atoms with Gasteiger partial charge in [0, 0.05) is 12.6 Å². The lowest BCUT2D eigenvalue weighted by Gasteiger charge is -2.47. The van der Waals surface area contributed by atoms with Gasteiger partial charge in [-0.15, -0.1) is 0 Å². The molecule has 1 N–H and O–H groups in total. The molecule has 1 saturated heterocycles. The fourth-order valence-corrected chi connectivity index (χ4v) is 4.54. The normalized spacial score (nSPS) is 38.8. The summed E-state index contributed by atoms with van der Waals surface area (Å²) in [6.07, 6.45) is 8.79. The Morgan fingerprint density at radius 3 is 2.53 bits per heavy atom. The van der Waals surface area contributed by atoms with E-state index in [9.17, 15) is 5.11 Å². The molecule has 3 rings (SSSR count). The highest BCUT2D eigenvalue weighted by Crippen LogP contribution is 2.54. The quantitative estimate of drug-likeness (QED) is 0.845. The number of hydrogen-bond donors (Lipinski definition) is 1. The molecule has 0 aromatic heterocycles. The van der Waals surface area contributed by atoms with Gasteiger partial charge in [-0.05, 0) is 61.8 Å². The van der Waals surface area contributed by atoms with Crippen molar-refractivity contribution in [3.8, 4) is 0 Å². The van der Waals surface area contributed by atoms with Crippen molar-refractivity contribution >= 4 is 0 Å². The van der Waals surface area contributed by atoms with Crippen LogP contribution in [0, 0.1) is 16.7 Å². The summed E-state index contributed by atoms with van der Waals surface area (Å²) in [5.74, 6) is 0.773. The van der Waals surface area contributed by atoms with Crippen LogP contribution in [-0.2, 0) is 0 Å². The van der Waals surface area contributed by atoms with Crippen molar-refractivity contribution in [1.29, 1.82) is 0 Å². The maximum absolute atomic E-state index is 10.1. The van der Waals surface area contributed by atoms with Crippen LogP contribution in [0.15, 0.2) is 0 Å². The van der Waals surface area contributed by atoms with Crippen LogP contribution in [0.3, 0.4) is 0 Å². The summed E-state index contributed by atoms with van der Waals surface area (Å²) in [6.45, 7) is 9.81. The SMILES string of the molecule is CCC(C)(C)C1CCC(O)CC1N1CCC2(CC2)C1. The molecular weight excluding hydrogens is 234 g/mol. The van der Waals surface area contributed by atoms with Gasteiger partial charge in [0.15, 0.2) is 0 Å². The molecule has 3 fully saturated rings. The molecule has 3 atom stereocenters. The first-order valence-corrected chi connectivity index (χ1v) is 8.38. The van der Waals surface area contributed by atoms with Gasteiger partial charge >= 0.3 is 0 Å². The summed E-state index contributed by atoms with van der Waals surface area (Å²) < 4.78 is 0. The zero-order valence-electron chi connectivity index (χ0n) is 13.0. The fraction of sp³-hybridized carbons (Fsp3) is 1.00. The number of hydrogen-bond acceptors (Lipinski definition) is 2. The van der Waals surface area contributed by atoms with Gasteiger partial charge in [-0.2, -0.15) is 0 Å². The second-order valence-corrected chi connectivity index (χ2v) is 8.20. The number of nitrogens with zero attached hydrogens (tertiary/aromatic N) is 1. The molecule has 1 spiro atoms. The third-order valence-corrected chi connectivity index (χ3v) is 6.60. The van der Waals surface area contributed by atoms with Crippen LogP contribution < -0.4 is 0 Å². The van der Waals surface area contributed by atoms with Gasteiger partial charge in [0.05, 0.1) is 6.10 Å². The van der Waals surface area contributed by atoms with Gasteiger partial charge in [-0.25, -0.2) is 0 Å². The Morgan fingerprint density at radius 1 is 1.21 bits per heavy atom. The van der Waals surface area contributed by atoms with Crippen LogP contribution >= 0.6 is 0 Å². The van der Waals surface area contributed by atoms with E-state index in [1.807, 2.05) is 0 Å². The Kier molecular flexibility index (Phi) is 3.46. The lowest BCUT2D eigenvalue weighted by Crippen LogP contribution is -2.49. The van der Waals surface area contributed by atoms with Gasteiger partial charge < -0.3 is 5.11 Å². The highest BCUT2D eigenvalue weighted by atomic mass is 16.3. The monoisotopic (exact) mass is 265 g/mol. The number of aliphatic hydroxyl groups excluding tert-OH is 1.